The van der Waals surface area contributed by atoms with E-state index < -0.39 is 10.0 Å². The minimum Gasteiger partial charge on any atom is -0.383 e. The van der Waals surface area contributed by atoms with Gasteiger partial charge in [-0.15, -0.1) is 11.3 Å². The Kier molecular flexibility index (Phi) is 4.90. The third-order valence-electron chi connectivity index (χ3n) is 2.84. The van der Waals surface area contributed by atoms with Crippen LogP contribution in [0.3, 0.4) is 0 Å². The van der Waals surface area contributed by atoms with Crippen molar-refractivity contribution in [3.63, 3.8) is 0 Å². The lowest BCUT2D eigenvalue weighted by atomic mass is 10.2. The predicted octanol–water partition coefficient (Wildman–Crippen LogP) is 3.93. The van der Waals surface area contributed by atoms with Crippen molar-refractivity contribution in [3.05, 3.63) is 41.3 Å². The van der Waals surface area contributed by atoms with Gasteiger partial charge >= 0.3 is 0 Å². The van der Waals surface area contributed by atoms with Crippen LogP contribution >= 0.6 is 11.3 Å². The van der Waals surface area contributed by atoms with Crippen LogP contribution in [0.2, 0.25) is 0 Å². The first-order chi connectivity index (χ1) is 9.90. The van der Waals surface area contributed by atoms with Crippen molar-refractivity contribution in [2.24, 2.45) is 0 Å². The van der Waals surface area contributed by atoms with Crippen LogP contribution in [0.15, 0.2) is 40.6 Å². The highest BCUT2D eigenvalue weighted by atomic mass is 32.2. The summed E-state index contributed by atoms with van der Waals surface area (Å²) in [7, 11) is -3.49. The second kappa shape index (κ2) is 6.49. The first kappa shape index (κ1) is 15.9. The molecular formula is C15H20N2O2S2. The first-order valence-electron chi connectivity index (χ1n) is 6.89. The molecule has 0 saturated heterocycles. The van der Waals surface area contributed by atoms with E-state index in [9.17, 15) is 8.42 Å². The summed E-state index contributed by atoms with van der Waals surface area (Å²) in [6.07, 6.45) is 0.843. The van der Waals surface area contributed by atoms with Gasteiger partial charge in [0.05, 0.1) is 0 Å². The molecular weight excluding hydrogens is 304 g/mol. The van der Waals surface area contributed by atoms with Crippen LogP contribution in [0.4, 0.5) is 11.4 Å². The smallest absolute Gasteiger partial charge is 0.271 e. The molecule has 0 unspecified atom stereocenters. The number of aryl methyl sites for hydroxylation is 1. The molecule has 2 N–H and O–H groups in total. The summed E-state index contributed by atoms with van der Waals surface area (Å²) < 4.78 is 27.5. The van der Waals surface area contributed by atoms with Crippen LogP contribution in [-0.4, -0.2) is 14.5 Å². The molecule has 0 saturated carbocycles. The summed E-state index contributed by atoms with van der Waals surface area (Å²) in [6, 6.07) is 11.1. The minimum atomic E-state index is -3.49. The number of nitrogens with one attached hydrogen (secondary N) is 2. The molecule has 0 fully saturated rings. The SMILES string of the molecule is CCc1ccc(S(=O)(=O)Nc2ccc(NC(C)C)cc2)s1. The fourth-order valence-electron chi connectivity index (χ4n) is 1.87. The zero-order valence-electron chi connectivity index (χ0n) is 12.4. The van der Waals surface area contributed by atoms with E-state index in [0.717, 1.165) is 17.0 Å². The average molecular weight is 324 g/mol. The van der Waals surface area contributed by atoms with E-state index >= 15 is 0 Å². The molecule has 21 heavy (non-hydrogen) atoms. The summed E-state index contributed by atoms with van der Waals surface area (Å²) >= 11 is 1.31. The third kappa shape index (κ3) is 4.22. The highest BCUT2D eigenvalue weighted by Crippen LogP contribution is 2.25. The molecule has 4 nitrogen and oxygen atoms in total. The zero-order chi connectivity index (χ0) is 15.5. The fraction of sp³-hybridized carbons (Fsp3) is 0.333. The van der Waals surface area contributed by atoms with E-state index in [1.165, 1.54) is 11.3 Å². The maximum atomic E-state index is 12.3. The van der Waals surface area contributed by atoms with Gasteiger partial charge in [0.15, 0.2) is 0 Å². The first-order valence-corrected chi connectivity index (χ1v) is 9.19. The molecule has 0 aliphatic heterocycles. The van der Waals surface area contributed by atoms with Crippen LogP contribution in [0.25, 0.3) is 0 Å². The van der Waals surface area contributed by atoms with E-state index in [4.69, 9.17) is 0 Å². The quantitative estimate of drug-likeness (QED) is 0.846. The Labute approximate surface area is 130 Å². The Balaban J connectivity index is 2.13. The van der Waals surface area contributed by atoms with Gasteiger partial charge in [-0.2, -0.15) is 0 Å². The number of hydrogen-bond donors (Lipinski definition) is 2. The van der Waals surface area contributed by atoms with Crippen LogP contribution in [0.5, 0.6) is 0 Å². The normalized spacial score (nSPS) is 11.6. The minimum absolute atomic E-state index is 0.339. The average Bonchev–Trinajstić information content (AvgIpc) is 2.90. The van der Waals surface area contributed by atoms with Gasteiger partial charge in [-0.1, -0.05) is 6.92 Å². The molecule has 1 aromatic carbocycles. The van der Waals surface area contributed by atoms with Crippen molar-refractivity contribution >= 4 is 32.7 Å². The number of hydrogen-bond acceptors (Lipinski definition) is 4. The van der Waals surface area contributed by atoms with Gasteiger partial charge in [0, 0.05) is 22.3 Å². The highest BCUT2D eigenvalue weighted by Gasteiger charge is 2.16. The Hall–Kier alpha value is -1.53. The third-order valence-corrected chi connectivity index (χ3v) is 5.95. The topological polar surface area (TPSA) is 58.2 Å². The van der Waals surface area contributed by atoms with Crippen molar-refractivity contribution in [1.29, 1.82) is 0 Å². The molecule has 1 heterocycles. The lowest BCUT2D eigenvalue weighted by molar-refractivity contribution is 0.603. The van der Waals surface area contributed by atoms with Crippen LogP contribution in [0, 0.1) is 0 Å². The molecule has 0 spiro atoms. The van der Waals surface area contributed by atoms with E-state index in [1.807, 2.05) is 25.1 Å². The maximum absolute atomic E-state index is 12.3. The lowest BCUT2D eigenvalue weighted by Crippen LogP contribution is -2.12. The van der Waals surface area contributed by atoms with Crippen molar-refractivity contribution in [2.45, 2.75) is 37.4 Å². The Morgan fingerprint density at radius 2 is 1.67 bits per heavy atom. The van der Waals surface area contributed by atoms with Gasteiger partial charge in [0.25, 0.3) is 10.0 Å². The van der Waals surface area contributed by atoms with E-state index in [0.29, 0.717) is 15.9 Å². The van der Waals surface area contributed by atoms with Gasteiger partial charge in [0.1, 0.15) is 4.21 Å². The van der Waals surface area contributed by atoms with Gasteiger partial charge in [-0.3, -0.25) is 4.72 Å². The summed E-state index contributed by atoms with van der Waals surface area (Å²) in [6.45, 7) is 6.12. The number of anilines is 2. The van der Waals surface area contributed by atoms with Crippen LogP contribution in [0.1, 0.15) is 25.6 Å². The van der Waals surface area contributed by atoms with Gasteiger partial charge in [-0.25, -0.2) is 8.42 Å². The van der Waals surface area contributed by atoms with Gasteiger partial charge in [0.2, 0.25) is 0 Å². The van der Waals surface area contributed by atoms with Crippen LogP contribution < -0.4 is 10.0 Å². The standard InChI is InChI=1S/C15H20N2O2S2/c1-4-14-9-10-15(20-14)21(18,19)17-13-7-5-12(6-8-13)16-11(2)3/h5-11,16-17H,4H2,1-3H3. The monoisotopic (exact) mass is 324 g/mol. The summed E-state index contributed by atoms with van der Waals surface area (Å²) in [4.78, 5) is 1.06. The van der Waals surface area contributed by atoms with Gasteiger partial charge < -0.3 is 5.32 Å². The lowest BCUT2D eigenvalue weighted by Gasteiger charge is -2.11. The molecule has 0 aliphatic rings. The molecule has 0 aliphatic carbocycles. The van der Waals surface area contributed by atoms with Crippen molar-refractivity contribution in [1.82, 2.24) is 0 Å². The molecule has 114 valence electrons. The van der Waals surface area contributed by atoms with E-state index in [1.54, 1.807) is 18.2 Å². The second-order valence-electron chi connectivity index (χ2n) is 5.06. The predicted molar refractivity (Wildman–Crippen MR) is 89.7 cm³/mol. The Bertz CT molecular complexity index is 689. The second-order valence-corrected chi connectivity index (χ2v) is 8.13. The largest absolute Gasteiger partial charge is 0.383 e. The van der Waals surface area contributed by atoms with E-state index in [2.05, 4.69) is 23.9 Å². The number of sulfonamides is 1. The summed E-state index contributed by atoms with van der Waals surface area (Å²) in [5, 5.41) is 3.26. The number of benzene rings is 1. The van der Waals surface area contributed by atoms with Crippen molar-refractivity contribution < 1.29 is 8.42 Å². The molecule has 0 amide bonds. The molecule has 6 heteroatoms. The number of rotatable bonds is 6. The fourth-order valence-corrected chi connectivity index (χ4v) is 4.22. The molecule has 0 radical (unpaired) electrons. The Morgan fingerprint density at radius 1 is 1.05 bits per heavy atom. The van der Waals surface area contributed by atoms with E-state index in [-0.39, 0.29) is 0 Å². The summed E-state index contributed by atoms with van der Waals surface area (Å²) in [5.41, 5.74) is 1.54. The van der Waals surface area contributed by atoms with Crippen molar-refractivity contribution in [2.75, 3.05) is 10.0 Å². The maximum Gasteiger partial charge on any atom is 0.271 e. The molecule has 2 aromatic rings. The summed E-state index contributed by atoms with van der Waals surface area (Å²) in [5.74, 6) is 0. The number of thiophene rings is 1. The van der Waals surface area contributed by atoms with Crippen LogP contribution in [-0.2, 0) is 16.4 Å². The zero-order valence-corrected chi connectivity index (χ0v) is 14.0. The molecule has 2 rings (SSSR count). The highest BCUT2D eigenvalue weighted by molar-refractivity contribution is 7.94. The molecule has 0 bridgehead atoms. The van der Waals surface area contributed by atoms with Gasteiger partial charge in [-0.05, 0) is 56.7 Å². The molecule has 1 aromatic heterocycles. The Morgan fingerprint density at radius 3 is 2.19 bits per heavy atom. The molecule has 0 atom stereocenters. The van der Waals surface area contributed by atoms with Crippen molar-refractivity contribution in [3.8, 4) is 0 Å².